The summed E-state index contributed by atoms with van der Waals surface area (Å²) in [7, 11) is 0. The number of amides is 1. The van der Waals surface area contributed by atoms with Crippen LogP contribution in [0.2, 0.25) is 0 Å². The second kappa shape index (κ2) is 5.29. The smallest absolute Gasteiger partial charge is 0.270 e. The Bertz CT molecular complexity index is 485. The number of carbonyl (C=O) groups excluding carboxylic acids is 1. The molecule has 2 aliphatic rings. The van der Waals surface area contributed by atoms with Crippen molar-refractivity contribution in [3.05, 3.63) is 22.4 Å². The molecule has 3 heterocycles. The maximum Gasteiger partial charge on any atom is 0.270 e. The minimum Gasteiger partial charge on any atom is -0.343 e. The molecule has 5 heteroatoms. The monoisotopic (exact) mass is 325 g/mol. The Morgan fingerprint density at radius 2 is 2.26 bits per heavy atom. The Hall–Kier alpha value is -0.810. The van der Waals surface area contributed by atoms with E-state index in [0.29, 0.717) is 6.04 Å². The van der Waals surface area contributed by atoms with Gasteiger partial charge in [0.15, 0.2) is 0 Å². The molecule has 1 amide bonds. The second-order valence-electron chi connectivity index (χ2n) is 5.41. The number of nitrogens with zero attached hydrogens (tertiary/aromatic N) is 3. The van der Waals surface area contributed by atoms with Crippen molar-refractivity contribution >= 4 is 21.8 Å². The highest BCUT2D eigenvalue weighted by Gasteiger charge is 2.33. The van der Waals surface area contributed by atoms with E-state index in [4.69, 9.17) is 0 Å². The third-order valence-corrected chi connectivity index (χ3v) is 4.73. The van der Waals surface area contributed by atoms with Gasteiger partial charge >= 0.3 is 0 Å². The number of rotatable bonds is 2. The summed E-state index contributed by atoms with van der Waals surface area (Å²) < 4.78 is 3.00. The molecule has 2 aliphatic heterocycles. The van der Waals surface area contributed by atoms with Gasteiger partial charge in [-0.3, -0.25) is 9.69 Å². The third kappa shape index (κ3) is 2.46. The molecule has 0 bridgehead atoms. The van der Waals surface area contributed by atoms with Gasteiger partial charge in [0.25, 0.3) is 5.91 Å². The molecule has 1 unspecified atom stereocenters. The lowest BCUT2D eigenvalue weighted by molar-refractivity contribution is 0.0561. The van der Waals surface area contributed by atoms with E-state index < -0.39 is 0 Å². The van der Waals surface area contributed by atoms with Gasteiger partial charge in [-0.1, -0.05) is 0 Å². The quantitative estimate of drug-likeness (QED) is 0.833. The Kier molecular flexibility index (Phi) is 3.67. The van der Waals surface area contributed by atoms with E-state index in [2.05, 4.69) is 27.8 Å². The van der Waals surface area contributed by atoms with Gasteiger partial charge in [-0.15, -0.1) is 0 Å². The minimum atomic E-state index is 0.180. The summed E-state index contributed by atoms with van der Waals surface area (Å²) in [5, 5.41) is 0. The first-order valence-corrected chi connectivity index (χ1v) is 7.87. The Balaban J connectivity index is 1.76. The highest BCUT2D eigenvalue weighted by molar-refractivity contribution is 9.10. The molecule has 1 aromatic rings. The summed E-state index contributed by atoms with van der Waals surface area (Å²) >= 11 is 3.46. The van der Waals surface area contributed by atoms with Crippen LogP contribution in [-0.2, 0) is 6.54 Å². The van der Waals surface area contributed by atoms with E-state index in [-0.39, 0.29) is 5.91 Å². The number of aryl methyl sites for hydroxylation is 1. The zero-order valence-electron chi connectivity index (χ0n) is 11.3. The molecule has 104 valence electrons. The molecule has 19 heavy (non-hydrogen) atoms. The molecule has 1 atom stereocenters. The number of carbonyl (C=O) groups is 1. The van der Waals surface area contributed by atoms with E-state index in [1.165, 1.54) is 19.4 Å². The summed E-state index contributed by atoms with van der Waals surface area (Å²) in [5.41, 5.74) is 0.806. The Morgan fingerprint density at radius 1 is 1.42 bits per heavy atom. The van der Waals surface area contributed by atoms with E-state index in [1.807, 2.05) is 21.7 Å². The van der Waals surface area contributed by atoms with Gasteiger partial charge in [-0.05, 0) is 48.3 Å². The summed E-state index contributed by atoms with van der Waals surface area (Å²) in [5.74, 6) is 0.180. The maximum atomic E-state index is 12.6. The van der Waals surface area contributed by atoms with E-state index >= 15 is 0 Å². The molecule has 0 aliphatic carbocycles. The van der Waals surface area contributed by atoms with Gasteiger partial charge in [-0.25, -0.2) is 0 Å². The minimum absolute atomic E-state index is 0.180. The van der Waals surface area contributed by atoms with Crippen molar-refractivity contribution in [2.24, 2.45) is 0 Å². The zero-order valence-corrected chi connectivity index (χ0v) is 12.9. The van der Waals surface area contributed by atoms with Crippen LogP contribution in [0.25, 0.3) is 0 Å². The zero-order chi connectivity index (χ0) is 13.4. The fourth-order valence-electron chi connectivity index (χ4n) is 3.25. The molecular weight excluding hydrogens is 306 g/mol. The Labute approximate surface area is 122 Å². The number of piperazine rings is 1. The number of fused-ring (bicyclic) bond motifs is 1. The van der Waals surface area contributed by atoms with E-state index in [0.717, 1.165) is 36.3 Å². The van der Waals surface area contributed by atoms with Crippen molar-refractivity contribution in [2.75, 3.05) is 26.2 Å². The molecule has 4 nitrogen and oxygen atoms in total. The fraction of sp³-hybridized carbons (Fsp3) is 0.643. The summed E-state index contributed by atoms with van der Waals surface area (Å²) in [4.78, 5) is 17.2. The van der Waals surface area contributed by atoms with Crippen LogP contribution in [0, 0.1) is 0 Å². The molecular formula is C14H20BrN3O. The van der Waals surface area contributed by atoms with Crippen LogP contribution in [-0.4, -0.2) is 52.5 Å². The first-order chi connectivity index (χ1) is 9.19. The van der Waals surface area contributed by atoms with Gasteiger partial charge in [0, 0.05) is 42.9 Å². The van der Waals surface area contributed by atoms with Gasteiger partial charge < -0.3 is 9.47 Å². The van der Waals surface area contributed by atoms with Crippen molar-refractivity contribution in [2.45, 2.75) is 32.4 Å². The van der Waals surface area contributed by atoms with E-state index in [1.54, 1.807) is 0 Å². The standard InChI is InChI=1S/C14H20BrN3O/c1-2-16-9-11(15)8-13(16)14(19)18-7-6-17-5-3-4-12(17)10-18/h8-9,12H,2-7,10H2,1H3. The van der Waals surface area contributed by atoms with Gasteiger partial charge in [0.2, 0.25) is 0 Å². The number of aromatic nitrogens is 1. The molecule has 0 radical (unpaired) electrons. The largest absolute Gasteiger partial charge is 0.343 e. The molecule has 0 aromatic carbocycles. The molecule has 0 N–H and O–H groups in total. The van der Waals surface area contributed by atoms with Crippen LogP contribution < -0.4 is 0 Å². The molecule has 1 aromatic heterocycles. The highest BCUT2D eigenvalue weighted by Crippen LogP contribution is 2.23. The first kappa shape index (κ1) is 13.2. The third-order valence-electron chi connectivity index (χ3n) is 4.30. The number of halogens is 1. The van der Waals surface area contributed by atoms with Crippen LogP contribution in [0.15, 0.2) is 16.7 Å². The van der Waals surface area contributed by atoms with Crippen molar-refractivity contribution < 1.29 is 4.79 Å². The molecule has 2 fully saturated rings. The lowest BCUT2D eigenvalue weighted by atomic mass is 10.1. The lowest BCUT2D eigenvalue weighted by Gasteiger charge is -2.37. The summed E-state index contributed by atoms with van der Waals surface area (Å²) in [6.07, 6.45) is 4.50. The van der Waals surface area contributed by atoms with Crippen molar-refractivity contribution in [1.29, 1.82) is 0 Å². The normalized spacial score (nSPS) is 23.7. The average molecular weight is 326 g/mol. The van der Waals surface area contributed by atoms with Crippen LogP contribution in [0.1, 0.15) is 30.3 Å². The van der Waals surface area contributed by atoms with Gasteiger partial charge in [-0.2, -0.15) is 0 Å². The Morgan fingerprint density at radius 3 is 3.05 bits per heavy atom. The highest BCUT2D eigenvalue weighted by atomic mass is 79.9. The van der Waals surface area contributed by atoms with E-state index in [9.17, 15) is 4.79 Å². The molecule has 2 saturated heterocycles. The van der Waals surface area contributed by atoms with Gasteiger partial charge in [0.05, 0.1) is 0 Å². The predicted molar refractivity (Wildman–Crippen MR) is 78.3 cm³/mol. The van der Waals surface area contributed by atoms with Crippen LogP contribution >= 0.6 is 15.9 Å². The SMILES string of the molecule is CCn1cc(Br)cc1C(=O)N1CCN2CCCC2C1. The topological polar surface area (TPSA) is 28.5 Å². The number of hydrogen-bond donors (Lipinski definition) is 0. The lowest BCUT2D eigenvalue weighted by Crippen LogP contribution is -2.52. The summed E-state index contributed by atoms with van der Waals surface area (Å²) in [6.45, 7) is 6.90. The molecule has 0 saturated carbocycles. The van der Waals surface area contributed by atoms with Crippen molar-refractivity contribution in [3.63, 3.8) is 0 Å². The molecule has 0 spiro atoms. The van der Waals surface area contributed by atoms with Crippen LogP contribution in [0.5, 0.6) is 0 Å². The number of hydrogen-bond acceptors (Lipinski definition) is 2. The molecule has 3 rings (SSSR count). The first-order valence-electron chi connectivity index (χ1n) is 7.08. The summed E-state index contributed by atoms with van der Waals surface area (Å²) in [6, 6.07) is 2.53. The maximum absolute atomic E-state index is 12.6. The van der Waals surface area contributed by atoms with Crippen LogP contribution in [0.3, 0.4) is 0 Å². The van der Waals surface area contributed by atoms with Crippen LogP contribution in [0.4, 0.5) is 0 Å². The van der Waals surface area contributed by atoms with Gasteiger partial charge in [0.1, 0.15) is 5.69 Å². The average Bonchev–Trinajstić information content (AvgIpc) is 3.02. The second-order valence-corrected chi connectivity index (χ2v) is 6.33. The van der Waals surface area contributed by atoms with Crippen molar-refractivity contribution in [3.8, 4) is 0 Å². The predicted octanol–water partition coefficient (Wildman–Crippen LogP) is 2.19. The fourth-order valence-corrected chi connectivity index (χ4v) is 3.72. The van der Waals surface area contributed by atoms with Crippen molar-refractivity contribution in [1.82, 2.24) is 14.4 Å².